The molecule has 1 saturated heterocycles. The summed E-state index contributed by atoms with van der Waals surface area (Å²) in [6.45, 7) is 3.95. The molecule has 2 aromatic rings. The highest BCUT2D eigenvalue weighted by molar-refractivity contribution is 9.10. The van der Waals surface area contributed by atoms with E-state index in [0.717, 1.165) is 36.0 Å². The van der Waals surface area contributed by atoms with Crippen LogP contribution in [0.2, 0.25) is 0 Å². The van der Waals surface area contributed by atoms with Crippen LogP contribution in [0.15, 0.2) is 34.9 Å². The maximum Gasteiger partial charge on any atom is 0.343 e. The number of rotatable bonds is 4. The van der Waals surface area contributed by atoms with E-state index in [2.05, 4.69) is 30.8 Å². The van der Waals surface area contributed by atoms with Gasteiger partial charge in [0.15, 0.2) is 5.82 Å². The van der Waals surface area contributed by atoms with Crippen molar-refractivity contribution in [1.82, 2.24) is 9.97 Å². The van der Waals surface area contributed by atoms with E-state index in [-0.39, 0.29) is 5.97 Å². The van der Waals surface area contributed by atoms with Crippen LogP contribution in [0.25, 0.3) is 11.4 Å². The topological polar surface area (TPSA) is 55.3 Å². The van der Waals surface area contributed by atoms with E-state index in [0.29, 0.717) is 23.8 Å². The fraction of sp³-hybridized carbons (Fsp3) is 0.353. The van der Waals surface area contributed by atoms with Crippen LogP contribution in [0.3, 0.4) is 0 Å². The lowest BCUT2D eigenvalue weighted by Gasteiger charge is -2.19. The van der Waals surface area contributed by atoms with Gasteiger partial charge < -0.3 is 9.64 Å². The highest BCUT2D eigenvalue weighted by Crippen LogP contribution is 2.26. The fourth-order valence-corrected chi connectivity index (χ4v) is 2.90. The molecule has 0 atom stereocenters. The second kappa shape index (κ2) is 7.08. The van der Waals surface area contributed by atoms with Crippen LogP contribution in [-0.2, 0) is 4.74 Å². The fourth-order valence-electron chi connectivity index (χ4n) is 2.63. The van der Waals surface area contributed by atoms with E-state index in [1.165, 1.54) is 0 Å². The first-order valence-corrected chi connectivity index (χ1v) is 8.53. The van der Waals surface area contributed by atoms with E-state index < -0.39 is 0 Å². The molecule has 0 unspecified atom stereocenters. The highest BCUT2D eigenvalue weighted by Gasteiger charge is 2.23. The Morgan fingerprint density at radius 1 is 1.26 bits per heavy atom. The number of esters is 1. The molecule has 0 aliphatic carbocycles. The number of hydrogen-bond donors (Lipinski definition) is 0. The quantitative estimate of drug-likeness (QED) is 0.762. The predicted octanol–water partition coefficient (Wildman–Crippen LogP) is 3.68. The Hall–Kier alpha value is -1.95. The van der Waals surface area contributed by atoms with Gasteiger partial charge in [-0.3, -0.25) is 0 Å². The largest absolute Gasteiger partial charge is 0.462 e. The number of ether oxygens (including phenoxy) is 1. The third-order valence-corrected chi connectivity index (χ3v) is 4.30. The molecular formula is C17H18BrN3O2. The van der Waals surface area contributed by atoms with Gasteiger partial charge in [0.05, 0.1) is 6.61 Å². The molecule has 6 heteroatoms. The van der Waals surface area contributed by atoms with E-state index >= 15 is 0 Å². The zero-order chi connectivity index (χ0) is 16.2. The number of carbonyl (C=O) groups is 1. The third-order valence-electron chi connectivity index (χ3n) is 3.77. The van der Waals surface area contributed by atoms with Gasteiger partial charge in [0, 0.05) is 29.3 Å². The normalized spacial score (nSPS) is 14.1. The summed E-state index contributed by atoms with van der Waals surface area (Å²) in [5, 5.41) is 0. The van der Waals surface area contributed by atoms with Gasteiger partial charge in [-0.2, -0.15) is 0 Å². The molecule has 0 amide bonds. The maximum atomic E-state index is 12.2. The molecule has 0 spiro atoms. The first kappa shape index (κ1) is 15.9. The second-order valence-electron chi connectivity index (χ2n) is 5.35. The Balaban J connectivity index is 2.01. The first-order valence-electron chi connectivity index (χ1n) is 7.74. The van der Waals surface area contributed by atoms with Crippen molar-refractivity contribution in [2.45, 2.75) is 19.8 Å². The van der Waals surface area contributed by atoms with Gasteiger partial charge in [0.2, 0.25) is 0 Å². The van der Waals surface area contributed by atoms with E-state index in [4.69, 9.17) is 4.74 Å². The average Bonchev–Trinajstić information content (AvgIpc) is 3.09. The minimum atomic E-state index is -0.364. The van der Waals surface area contributed by atoms with Gasteiger partial charge in [-0.05, 0) is 31.9 Å². The Morgan fingerprint density at radius 3 is 2.61 bits per heavy atom. The van der Waals surface area contributed by atoms with Crippen molar-refractivity contribution in [2.75, 3.05) is 24.6 Å². The summed E-state index contributed by atoms with van der Waals surface area (Å²) in [5.74, 6) is 0.929. The van der Waals surface area contributed by atoms with E-state index in [1.54, 1.807) is 13.1 Å². The monoisotopic (exact) mass is 375 g/mol. The molecule has 23 heavy (non-hydrogen) atoms. The first-order chi connectivity index (χ1) is 11.2. The van der Waals surface area contributed by atoms with Crippen molar-refractivity contribution in [1.29, 1.82) is 0 Å². The summed E-state index contributed by atoms with van der Waals surface area (Å²) >= 11 is 3.42. The van der Waals surface area contributed by atoms with Crippen molar-refractivity contribution in [3.63, 3.8) is 0 Å². The standard InChI is InChI=1S/C17H18BrN3O2/c1-2-23-17(22)14-11-19-15(12-5-7-13(18)8-6-12)20-16(14)21-9-3-4-10-21/h5-8,11H,2-4,9-10H2,1H3. The van der Waals surface area contributed by atoms with Gasteiger partial charge in [0.25, 0.3) is 0 Å². The van der Waals surface area contributed by atoms with Crippen LogP contribution in [0.4, 0.5) is 5.82 Å². The molecule has 0 N–H and O–H groups in total. The Labute approximate surface area is 143 Å². The summed E-state index contributed by atoms with van der Waals surface area (Å²) < 4.78 is 6.14. The molecule has 1 aliphatic rings. The summed E-state index contributed by atoms with van der Waals surface area (Å²) in [7, 11) is 0. The second-order valence-corrected chi connectivity index (χ2v) is 6.27. The summed E-state index contributed by atoms with van der Waals surface area (Å²) in [5.41, 5.74) is 1.36. The Kier molecular flexibility index (Phi) is 4.91. The Morgan fingerprint density at radius 2 is 1.96 bits per heavy atom. The summed E-state index contributed by atoms with van der Waals surface area (Å²) in [6.07, 6.45) is 3.80. The van der Waals surface area contributed by atoms with Crippen molar-refractivity contribution in [2.24, 2.45) is 0 Å². The highest BCUT2D eigenvalue weighted by atomic mass is 79.9. The van der Waals surface area contributed by atoms with Gasteiger partial charge in [-0.25, -0.2) is 14.8 Å². The number of hydrogen-bond acceptors (Lipinski definition) is 5. The van der Waals surface area contributed by atoms with Crippen LogP contribution >= 0.6 is 15.9 Å². The zero-order valence-electron chi connectivity index (χ0n) is 13.0. The van der Waals surface area contributed by atoms with Gasteiger partial charge in [0.1, 0.15) is 11.4 Å². The third kappa shape index (κ3) is 3.52. The molecule has 1 aliphatic heterocycles. The molecule has 1 aromatic carbocycles. The number of carbonyl (C=O) groups excluding carboxylic acids is 1. The minimum Gasteiger partial charge on any atom is -0.462 e. The molecule has 120 valence electrons. The Bertz CT molecular complexity index is 697. The molecular weight excluding hydrogens is 358 g/mol. The van der Waals surface area contributed by atoms with Crippen molar-refractivity contribution in [3.8, 4) is 11.4 Å². The number of aromatic nitrogens is 2. The molecule has 0 saturated carbocycles. The van der Waals surface area contributed by atoms with Crippen LogP contribution < -0.4 is 4.90 Å². The number of anilines is 1. The summed E-state index contributed by atoms with van der Waals surface area (Å²) in [4.78, 5) is 23.3. The van der Waals surface area contributed by atoms with Crippen molar-refractivity contribution in [3.05, 3.63) is 40.5 Å². The van der Waals surface area contributed by atoms with Crippen LogP contribution in [-0.4, -0.2) is 35.6 Å². The van der Waals surface area contributed by atoms with Crippen molar-refractivity contribution < 1.29 is 9.53 Å². The minimum absolute atomic E-state index is 0.340. The lowest BCUT2D eigenvalue weighted by atomic mass is 10.2. The smallest absolute Gasteiger partial charge is 0.343 e. The summed E-state index contributed by atoms with van der Waals surface area (Å²) in [6, 6.07) is 7.81. The number of halogens is 1. The van der Waals surface area contributed by atoms with Crippen LogP contribution in [0.1, 0.15) is 30.1 Å². The zero-order valence-corrected chi connectivity index (χ0v) is 14.5. The molecule has 5 nitrogen and oxygen atoms in total. The SMILES string of the molecule is CCOC(=O)c1cnc(-c2ccc(Br)cc2)nc1N1CCCC1. The van der Waals surface area contributed by atoms with Crippen LogP contribution in [0.5, 0.6) is 0 Å². The number of nitrogens with zero attached hydrogens (tertiary/aromatic N) is 3. The van der Waals surface area contributed by atoms with Crippen LogP contribution in [0, 0.1) is 0 Å². The molecule has 0 bridgehead atoms. The molecule has 0 radical (unpaired) electrons. The van der Waals surface area contributed by atoms with Gasteiger partial charge in [-0.1, -0.05) is 28.1 Å². The van der Waals surface area contributed by atoms with Crippen molar-refractivity contribution >= 4 is 27.7 Å². The molecule has 1 aromatic heterocycles. The lowest BCUT2D eigenvalue weighted by molar-refractivity contribution is 0.0526. The van der Waals surface area contributed by atoms with E-state index in [1.807, 2.05) is 24.3 Å². The van der Waals surface area contributed by atoms with E-state index in [9.17, 15) is 4.79 Å². The average molecular weight is 376 g/mol. The lowest BCUT2D eigenvalue weighted by Crippen LogP contribution is -2.23. The number of benzene rings is 1. The van der Waals surface area contributed by atoms with Gasteiger partial charge in [-0.15, -0.1) is 0 Å². The van der Waals surface area contributed by atoms with Gasteiger partial charge >= 0.3 is 5.97 Å². The predicted molar refractivity (Wildman–Crippen MR) is 92.6 cm³/mol. The molecule has 3 rings (SSSR count). The maximum absolute atomic E-state index is 12.2. The molecule has 2 heterocycles. The molecule has 1 fully saturated rings.